The molecule has 7 nitrogen and oxygen atoms in total. The standard InChI is InChI=1S/C7H9NO6/c9-5(10)3-1-4(6(11)12)8(2-3)7(13)14/h3-4H,1-2H2,(H,9,10)(H,11,12)(H,13,14)/t3-,4-/m1/s1. The van der Waals surface area contributed by atoms with Crippen molar-refractivity contribution >= 4 is 18.0 Å². The Morgan fingerprint density at radius 1 is 1.07 bits per heavy atom. The van der Waals surface area contributed by atoms with Crippen molar-refractivity contribution in [2.45, 2.75) is 12.5 Å². The van der Waals surface area contributed by atoms with Crippen LogP contribution in [0.5, 0.6) is 0 Å². The van der Waals surface area contributed by atoms with Crippen molar-refractivity contribution < 1.29 is 29.7 Å². The Kier molecular flexibility index (Phi) is 2.59. The molecule has 1 saturated heterocycles. The van der Waals surface area contributed by atoms with Crippen LogP contribution in [0.4, 0.5) is 4.79 Å². The third-order valence-corrected chi connectivity index (χ3v) is 2.18. The number of carboxylic acid groups (broad SMARTS) is 3. The minimum atomic E-state index is -1.40. The molecule has 1 aliphatic rings. The Balaban J connectivity index is 2.80. The van der Waals surface area contributed by atoms with Crippen molar-refractivity contribution in [1.29, 1.82) is 0 Å². The van der Waals surface area contributed by atoms with Crippen LogP contribution in [0.3, 0.4) is 0 Å². The number of nitrogens with zero attached hydrogens (tertiary/aromatic N) is 1. The van der Waals surface area contributed by atoms with Gasteiger partial charge in [-0.1, -0.05) is 0 Å². The lowest BCUT2D eigenvalue weighted by molar-refractivity contribution is -0.141. The molecule has 1 amide bonds. The van der Waals surface area contributed by atoms with E-state index < -0.39 is 30.0 Å². The van der Waals surface area contributed by atoms with Gasteiger partial charge in [-0.3, -0.25) is 9.69 Å². The van der Waals surface area contributed by atoms with Gasteiger partial charge in [0.15, 0.2) is 0 Å². The number of aliphatic carboxylic acids is 2. The summed E-state index contributed by atoms with van der Waals surface area (Å²) in [5.74, 6) is -3.40. The summed E-state index contributed by atoms with van der Waals surface area (Å²) in [4.78, 5) is 32.3. The van der Waals surface area contributed by atoms with Gasteiger partial charge in [0, 0.05) is 6.54 Å². The molecule has 14 heavy (non-hydrogen) atoms. The smallest absolute Gasteiger partial charge is 0.408 e. The average Bonchev–Trinajstić information content (AvgIpc) is 2.47. The third-order valence-electron chi connectivity index (χ3n) is 2.18. The summed E-state index contributed by atoms with van der Waals surface area (Å²) in [6, 6.07) is -1.24. The lowest BCUT2D eigenvalue weighted by Crippen LogP contribution is -2.39. The van der Waals surface area contributed by atoms with Crippen LogP contribution in [0.1, 0.15) is 6.42 Å². The molecule has 0 saturated carbocycles. The Bertz CT molecular complexity index is 266. The zero-order valence-corrected chi connectivity index (χ0v) is 7.08. The normalized spacial score (nSPS) is 26.1. The molecule has 0 unspecified atom stereocenters. The summed E-state index contributed by atoms with van der Waals surface area (Å²) in [7, 11) is 0. The van der Waals surface area contributed by atoms with Crippen molar-refractivity contribution in [3.63, 3.8) is 0 Å². The Hall–Kier alpha value is -1.79. The highest BCUT2D eigenvalue weighted by Gasteiger charge is 2.42. The van der Waals surface area contributed by atoms with E-state index in [1.807, 2.05) is 0 Å². The second kappa shape index (κ2) is 3.52. The average molecular weight is 203 g/mol. The summed E-state index contributed by atoms with van der Waals surface area (Å²) in [6.07, 6.45) is -1.57. The molecule has 0 spiro atoms. The van der Waals surface area contributed by atoms with Gasteiger partial charge in [-0.15, -0.1) is 0 Å². The zero-order chi connectivity index (χ0) is 10.9. The van der Waals surface area contributed by atoms with Gasteiger partial charge < -0.3 is 15.3 Å². The number of hydrogen-bond donors (Lipinski definition) is 3. The molecule has 0 aliphatic carbocycles. The molecule has 0 aromatic heterocycles. The second-order valence-corrected chi connectivity index (χ2v) is 3.06. The van der Waals surface area contributed by atoms with Crippen LogP contribution in [0.15, 0.2) is 0 Å². The van der Waals surface area contributed by atoms with Crippen molar-refractivity contribution in [1.82, 2.24) is 4.90 Å². The van der Waals surface area contributed by atoms with Crippen LogP contribution in [0, 0.1) is 5.92 Å². The van der Waals surface area contributed by atoms with Crippen LogP contribution in [0.25, 0.3) is 0 Å². The van der Waals surface area contributed by atoms with Crippen molar-refractivity contribution in [3.05, 3.63) is 0 Å². The van der Waals surface area contributed by atoms with Crippen LogP contribution < -0.4 is 0 Å². The van der Waals surface area contributed by atoms with Crippen LogP contribution in [0.2, 0.25) is 0 Å². The first-order valence-corrected chi connectivity index (χ1v) is 3.88. The number of carbonyl (C=O) groups is 3. The highest BCUT2D eigenvalue weighted by atomic mass is 16.4. The molecule has 3 N–H and O–H groups in total. The van der Waals surface area contributed by atoms with Gasteiger partial charge in [0.1, 0.15) is 6.04 Å². The maximum atomic E-state index is 10.6. The van der Waals surface area contributed by atoms with E-state index in [4.69, 9.17) is 15.3 Å². The predicted molar refractivity (Wildman–Crippen MR) is 41.9 cm³/mol. The van der Waals surface area contributed by atoms with E-state index >= 15 is 0 Å². The monoisotopic (exact) mass is 203 g/mol. The van der Waals surface area contributed by atoms with Gasteiger partial charge in [-0.25, -0.2) is 9.59 Å². The molecular formula is C7H9NO6. The first-order chi connectivity index (χ1) is 6.43. The fourth-order valence-corrected chi connectivity index (χ4v) is 1.46. The largest absolute Gasteiger partial charge is 0.481 e. The van der Waals surface area contributed by atoms with Crippen LogP contribution >= 0.6 is 0 Å². The molecule has 1 heterocycles. The van der Waals surface area contributed by atoms with Crippen LogP contribution in [-0.2, 0) is 9.59 Å². The Morgan fingerprint density at radius 3 is 1.93 bits per heavy atom. The number of carboxylic acids is 2. The fraction of sp³-hybridized carbons (Fsp3) is 0.571. The molecule has 1 rings (SSSR count). The van der Waals surface area contributed by atoms with Gasteiger partial charge in [0.2, 0.25) is 0 Å². The molecular weight excluding hydrogens is 194 g/mol. The number of hydrogen-bond acceptors (Lipinski definition) is 3. The molecule has 7 heteroatoms. The van der Waals surface area contributed by atoms with Crippen molar-refractivity contribution in [2.75, 3.05) is 6.54 Å². The SMILES string of the molecule is O=C(O)[C@@H]1C[C@H](C(=O)O)N(C(=O)O)C1. The third kappa shape index (κ3) is 1.76. The fourth-order valence-electron chi connectivity index (χ4n) is 1.46. The van der Waals surface area contributed by atoms with Gasteiger partial charge in [0.25, 0.3) is 0 Å². The Labute approximate surface area is 78.6 Å². The molecule has 1 aliphatic heterocycles. The molecule has 78 valence electrons. The van der Waals surface area contributed by atoms with E-state index in [1.54, 1.807) is 0 Å². The predicted octanol–water partition coefficient (Wildman–Crippen LogP) is -0.476. The van der Waals surface area contributed by atoms with Gasteiger partial charge >= 0.3 is 18.0 Å². The number of rotatable bonds is 2. The van der Waals surface area contributed by atoms with Gasteiger partial charge in [0.05, 0.1) is 5.92 Å². The first-order valence-electron chi connectivity index (χ1n) is 3.88. The lowest BCUT2D eigenvalue weighted by Gasteiger charge is -2.16. The van der Waals surface area contributed by atoms with Gasteiger partial charge in [-0.2, -0.15) is 0 Å². The summed E-state index contributed by atoms with van der Waals surface area (Å²) >= 11 is 0. The zero-order valence-electron chi connectivity index (χ0n) is 7.08. The van der Waals surface area contributed by atoms with E-state index in [-0.39, 0.29) is 13.0 Å². The summed E-state index contributed by atoms with van der Waals surface area (Å²) in [5, 5.41) is 25.8. The quantitative estimate of drug-likeness (QED) is 0.558. The van der Waals surface area contributed by atoms with E-state index in [1.165, 1.54) is 0 Å². The van der Waals surface area contributed by atoms with E-state index in [9.17, 15) is 14.4 Å². The number of likely N-dealkylation sites (tertiary alicyclic amines) is 1. The molecule has 0 radical (unpaired) electrons. The summed E-state index contributed by atoms with van der Waals surface area (Å²) in [5.41, 5.74) is 0. The molecule has 0 aromatic rings. The van der Waals surface area contributed by atoms with E-state index in [0.717, 1.165) is 0 Å². The lowest BCUT2D eigenvalue weighted by atomic mass is 10.1. The van der Waals surface area contributed by atoms with Gasteiger partial charge in [-0.05, 0) is 6.42 Å². The first kappa shape index (κ1) is 10.3. The number of amides is 1. The van der Waals surface area contributed by atoms with Crippen molar-refractivity contribution in [2.24, 2.45) is 5.92 Å². The highest BCUT2D eigenvalue weighted by Crippen LogP contribution is 2.23. The highest BCUT2D eigenvalue weighted by molar-refractivity contribution is 5.82. The van der Waals surface area contributed by atoms with Crippen molar-refractivity contribution in [3.8, 4) is 0 Å². The van der Waals surface area contributed by atoms with E-state index in [0.29, 0.717) is 4.90 Å². The molecule has 0 bridgehead atoms. The summed E-state index contributed by atoms with van der Waals surface area (Å²) < 4.78 is 0. The maximum Gasteiger partial charge on any atom is 0.408 e. The molecule has 0 aromatic carbocycles. The maximum absolute atomic E-state index is 10.6. The second-order valence-electron chi connectivity index (χ2n) is 3.06. The molecule has 1 fully saturated rings. The van der Waals surface area contributed by atoms with E-state index in [2.05, 4.69) is 0 Å². The minimum Gasteiger partial charge on any atom is -0.481 e. The van der Waals surface area contributed by atoms with Crippen LogP contribution in [-0.4, -0.2) is 50.8 Å². The topological polar surface area (TPSA) is 115 Å². The minimum absolute atomic E-state index is 0.170. The molecule has 2 atom stereocenters. The Morgan fingerprint density at radius 2 is 1.64 bits per heavy atom. The summed E-state index contributed by atoms with van der Waals surface area (Å²) in [6.45, 7) is -0.262.